The van der Waals surface area contributed by atoms with Crippen molar-refractivity contribution in [3.05, 3.63) is 10.8 Å². The molecule has 1 aromatic heterocycles. The van der Waals surface area contributed by atoms with E-state index in [1.165, 1.54) is 6.33 Å². The topological polar surface area (TPSA) is 93.3 Å². The van der Waals surface area contributed by atoms with E-state index in [4.69, 9.17) is 10.5 Å². The van der Waals surface area contributed by atoms with Crippen molar-refractivity contribution in [3.8, 4) is 0 Å². The van der Waals surface area contributed by atoms with E-state index in [9.17, 15) is 5.11 Å². The summed E-state index contributed by atoms with van der Waals surface area (Å²) in [5.74, 6) is 0.944. The smallest absolute Gasteiger partial charge is 0.146 e. The third kappa shape index (κ3) is 2.42. The summed E-state index contributed by atoms with van der Waals surface area (Å²) in [7, 11) is 0. The number of aliphatic hydroxyl groups is 1. The van der Waals surface area contributed by atoms with Crippen LogP contribution < -0.4 is 11.1 Å². The highest BCUT2D eigenvalue weighted by atomic mass is 79.9. The minimum atomic E-state index is -0.820. The third-order valence-corrected chi connectivity index (χ3v) is 3.27. The molecule has 0 aromatic carbocycles. The average Bonchev–Trinajstić information content (AvgIpc) is 2.68. The number of nitrogens with zero attached hydrogens (tertiary/aromatic N) is 2. The molecule has 1 fully saturated rings. The van der Waals surface area contributed by atoms with Crippen molar-refractivity contribution in [2.24, 2.45) is 0 Å². The lowest BCUT2D eigenvalue weighted by Gasteiger charge is -2.21. The number of ether oxygens (including phenoxy) is 1. The molecule has 0 saturated carbocycles. The Labute approximate surface area is 101 Å². The largest absolute Gasteiger partial charge is 0.386 e. The molecule has 16 heavy (non-hydrogen) atoms. The number of rotatable bonds is 3. The minimum Gasteiger partial charge on any atom is -0.386 e. The quantitative estimate of drug-likeness (QED) is 0.745. The van der Waals surface area contributed by atoms with Crippen molar-refractivity contribution >= 4 is 27.6 Å². The predicted molar refractivity (Wildman–Crippen MR) is 63.0 cm³/mol. The van der Waals surface area contributed by atoms with Crippen molar-refractivity contribution < 1.29 is 9.84 Å². The average molecular weight is 289 g/mol. The highest BCUT2D eigenvalue weighted by Crippen LogP contribution is 2.25. The summed E-state index contributed by atoms with van der Waals surface area (Å²) in [6.07, 6.45) is 2.00. The summed E-state index contributed by atoms with van der Waals surface area (Å²) in [6.45, 7) is 1.31. The van der Waals surface area contributed by atoms with Gasteiger partial charge in [-0.25, -0.2) is 9.97 Å². The van der Waals surface area contributed by atoms with Crippen LogP contribution in [-0.4, -0.2) is 40.4 Å². The van der Waals surface area contributed by atoms with E-state index in [0.29, 0.717) is 42.3 Å². The van der Waals surface area contributed by atoms with Crippen molar-refractivity contribution in [2.45, 2.75) is 12.0 Å². The fourth-order valence-electron chi connectivity index (χ4n) is 1.49. The van der Waals surface area contributed by atoms with Gasteiger partial charge >= 0.3 is 0 Å². The molecular formula is C9H13BrN4O2. The summed E-state index contributed by atoms with van der Waals surface area (Å²) in [4.78, 5) is 7.86. The molecule has 1 aliphatic rings. The Hall–Kier alpha value is -0.920. The molecule has 6 nitrogen and oxygen atoms in total. The monoisotopic (exact) mass is 288 g/mol. The predicted octanol–water partition coefficient (Wildman–Crippen LogP) is 0.385. The van der Waals surface area contributed by atoms with Crippen molar-refractivity contribution in [1.82, 2.24) is 9.97 Å². The van der Waals surface area contributed by atoms with Gasteiger partial charge in [0.25, 0.3) is 0 Å². The second-order valence-corrected chi connectivity index (χ2v) is 4.59. The third-order valence-electron chi connectivity index (χ3n) is 2.48. The second-order valence-electron chi connectivity index (χ2n) is 3.80. The van der Waals surface area contributed by atoms with E-state index in [2.05, 4.69) is 31.2 Å². The van der Waals surface area contributed by atoms with Crippen molar-refractivity contribution in [1.29, 1.82) is 0 Å². The zero-order valence-corrected chi connectivity index (χ0v) is 10.2. The Bertz CT molecular complexity index is 382. The molecule has 0 amide bonds. The summed E-state index contributed by atoms with van der Waals surface area (Å²) >= 11 is 3.28. The Morgan fingerprint density at radius 2 is 2.44 bits per heavy atom. The van der Waals surface area contributed by atoms with Crippen LogP contribution in [0.4, 0.5) is 11.6 Å². The number of aromatic nitrogens is 2. The Morgan fingerprint density at radius 3 is 3.12 bits per heavy atom. The molecule has 1 atom stereocenters. The zero-order valence-electron chi connectivity index (χ0n) is 8.61. The maximum absolute atomic E-state index is 10.0. The van der Waals surface area contributed by atoms with Crippen LogP contribution in [0, 0.1) is 0 Å². The van der Waals surface area contributed by atoms with Crippen molar-refractivity contribution in [3.63, 3.8) is 0 Å². The van der Waals surface area contributed by atoms with Crippen LogP contribution in [-0.2, 0) is 4.74 Å². The van der Waals surface area contributed by atoms with Gasteiger partial charge in [-0.3, -0.25) is 0 Å². The molecule has 7 heteroatoms. The lowest BCUT2D eigenvalue weighted by Crippen LogP contribution is -2.37. The Kier molecular flexibility index (Phi) is 3.27. The van der Waals surface area contributed by atoms with Crippen LogP contribution in [0.25, 0.3) is 0 Å². The first-order valence-corrected chi connectivity index (χ1v) is 5.70. The molecular weight excluding hydrogens is 276 g/mol. The maximum atomic E-state index is 10.0. The molecule has 0 spiro atoms. The van der Waals surface area contributed by atoms with Gasteiger partial charge in [0.05, 0.1) is 6.61 Å². The molecule has 2 heterocycles. The highest BCUT2D eigenvalue weighted by molar-refractivity contribution is 9.10. The fourth-order valence-corrected chi connectivity index (χ4v) is 1.84. The molecule has 0 aliphatic carbocycles. The molecule has 2 rings (SSSR count). The number of anilines is 2. The van der Waals surface area contributed by atoms with Gasteiger partial charge in [0.1, 0.15) is 28.0 Å². The summed E-state index contributed by atoms with van der Waals surface area (Å²) in [5.41, 5.74) is 4.79. The van der Waals surface area contributed by atoms with Gasteiger partial charge in [-0.2, -0.15) is 0 Å². The fraction of sp³-hybridized carbons (Fsp3) is 0.556. The first kappa shape index (κ1) is 11.6. The highest BCUT2D eigenvalue weighted by Gasteiger charge is 2.32. The maximum Gasteiger partial charge on any atom is 0.146 e. The van der Waals surface area contributed by atoms with Crippen LogP contribution in [0.15, 0.2) is 10.8 Å². The van der Waals surface area contributed by atoms with E-state index < -0.39 is 5.60 Å². The standard InChI is InChI=1S/C9H13BrN4O2/c10-6-7(11)13-5-14-8(6)12-3-9(15)1-2-16-4-9/h5,15H,1-4H2,(H3,11,12,13,14). The lowest BCUT2D eigenvalue weighted by molar-refractivity contribution is 0.0381. The molecule has 1 aromatic rings. The van der Waals surface area contributed by atoms with Gasteiger partial charge < -0.3 is 20.9 Å². The number of nitrogens with two attached hydrogens (primary N) is 1. The van der Waals surface area contributed by atoms with Crippen molar-refractivity contribution in [2.75, 3.05) is 30.8 Å². The number of hydrogen-bond acceptors (Lipinski definition) is 6. The molecule has 1 unspecified atom stereocenters. The molecule has 88 valence electrons. The molecule has 1 aliphatic heterocycles. The second kappa shape index (κ2) is 4.52. The van der Waals surface area contributed by atoms with E-state index in [1.54, 1.807) is 0 Å². The number of halogens is 1. The van der Waals surface area contributed by atoms with Gasteiger partial charge in [-0.05, 0) is 15.9 Å². The summed E-state index contributed by atoms with van der Waals surface area (Å²) in [5, 5.41) is 13.1. The van der Waals surface area contributed by atoms with Crippen LogP contribution in [0.2, 0.25) is 0 Å². The Morgan fingerprint density at radius 1 is 1.62 bits per heavy atom. The molecule has 1 saturated heterocycles. The SMILES string of the molecule is Nc1ncnc(NCC2(O)CCOC2)c1Br. The minimum absolute atomic E-state index is 0.345. The van der Waals surface area contributed by atoms with Gasteiger partial charge in [0.15, 0.2) is 0 Å². The van der Waals surface area contributed by atoms with E-state index in [1.807, 2.05) is 0 Å². The zero-order chi connectivity index (χ0) is 11.6. The summed E-state index contributed by atoms with van der Waals surface area (Å²) in [6, 6.07) is 0. The van der Waals surface area contributed by atoms with Gasteiger partial charge in [0, 0.05) is 19.6 Å². The molecule has 0 bridgehead atoms. The number of nitrogen functional groups attached to an aromatic ring is 1. The lowest BCUT2D eigenvalue weighted by atomic mass is 10.0. The number of hydrogen-bond donors (Lipinski definition) is 3. The molecule has 4 N–H and O–H groups in total. The van der Waals surface area contributed by atoms with Crippen LogP contribution in [0.3, 0.4) is 0 Å². The van der Waals surface area contributed by atoms with Gasteiger partial charge in [-0.15, -0.1) is 0 Å². The van der Waals surface area contributed by atoms with E-state index in [-0.39, 0.29) is 0 Å². The summed E-state index contributed by atoms with van der Waals surface area (Å²) < 4.78 is 5.75. The van der Waals surface area contributed by atoms with E-state index in [0.717, 1.165) is 0 Å². The van der Waals surface area contributed by atoms with Crippen LogP contribution >= 0.6 is 15.9 Å². The van der Waals surface area contributed by atoms with Gasteiger partial charge in [-0.1, -0.05) is 0 Å². The first-order chi connectivity index (χ1) is 7.61. The van der Waals surface area contributed by atoms with Gasteiger partial charge in [0.2, 0.25) is 0 Å². The number of nitrogens with one attached hydrogen (secondary N) is 1. The first-order valence-electron chi connectivity index (χ1n) is 4.91. The Balaban J connectivity index is 2.02. The molecule has 0 radical (unpaired) electrons. The van der Waals surface area contributed by atoms with Crippen LogP contribution in [0.5, 0.6) is 0 Å². The normalized spacial score (nSPS) is 24.6. The van der Waals surface area contributed by atoms with Crippen LogP contribution in [0.1, 0.15) is 6.42 Å². The van der Waals surface area contributed by atoms with E-state index >= 15 is 0 Å².